The molecule has 0 amide bonds. The van der Waals surface area contributed by atoms with Gasteiger partial charge in [0.15, 0.2) is 0 Å². The summed E-state index contributed by atoms with van der Waals surface area (Å²) >= 11 is 2.00. The molecule has 2 atom stereocenters. The molecule has 19 heavy (non-hydrogen) atoms. The van der Waals surface area contributed by atoms with Crippen molar-refractivity contribution in [2.24, 2.45) is 5.92 Å². The number of nitro groups is 1. The molecule has 0 bridgehead atoms. The van der Waals surface area contributed by atoms with Crippen molar-refractivity contribution < 1.29 is 4.92 Å². The van der Waals surface area contributed by atoms with Crippen LogP contribution in [0.2, 0.25) is 0 Å². The molecule has 3 rings (SSSR count). The van der Waals surface area contributed by atoms with Gasteiger partial charge in [-0.25, -0.2) is 0 Å². The van der Waals surface area contributed by atoms with E-state index in [0.717, 1.165) is 30.9 Å². The third kappa shape index (κ3) is 2.91. The van der Waals surface area contributed by atoms with E-state index in [1.807, 2.05) is 11.8 Å². The Morgan fingerprint density at radius 2 is 1.89 bits per heavy atom. The average Bonchev–Trinajstić information content (AvgIpc) is 2.47. The van der Waals surface area contributed by atoms with Gasteiger partial charge < -0.3 is 5.32 Å². The SMILES string of the molecule is O=[N+]([O-])C1CCC(C2=CS[C@@H]3CCCC[C@H]3N2)CC1. The molecule has 106 valence electrons. The molecule has 1 N–H and O–H groups in total. The molecular formula is C14H22N2O2S. The Hall–Kier alpha value is -0.710. The second-order valence-electron chi connectivity index (χ2n) is 6.07. The predicted octanol–water partition coefficient (Wildman–Crippen LogP) is 3.31. The molecule has 1 heterocycles. The predicted molar refractivity (Wildman–Crippen MR) is 77.6 cm³/mol. The van der Waals surface area contributed by atoms with Crippen LogP contribution in [0.5, 0.6) is 0 Å². The molecule has 3 aliphatic rings. The minimum absolute atomic E-state index is 0.0924. The van der Waals surface area contributed by atoms with E-state index >= 15 is 0 Å². The first-order chi connectivity index (χ1) is 9.24. The highest BCUT2D eigenvalue weighted by Crippen LogP contribution is 2.38. The van der Waals surface area contributed by atoms with Crippen molar-refractivity contribution in [2.45, 2.75) is 68.7 Å². The Kier molecular flexibility index (Phi) is 4.01. The summed E-state index contributed by atoms with van der Waals surface area (Å²) in [4.78, 5) is 10.7. The largest absolute Gasteiger partial charge is 0.384 e. The Morgan fingerprint density at radius 1 is 1.16 bits per heavy atom. The van der Waals surface area contributed by atoms with Crippen molar-refractivity contribution in [3.8, 4) is 0 Å². The Balaban J connectivity index is 1.58. The monoisotopic (exact) mass is 282 g/mol. The summed E-state index contributed by atoms with van der Waals surface area (Å²) in [6.45, 7) is 0. The maximum absolute atomic E-state index is 10.8. The fourth-order valence-electron chi connectivity index (χ4n) is 3.65. The molecule has 0 aromatic heterocycles. The number of rotatable bonds is 2. The van der Waals surface area contributed by atoms with E-state index in [1.165, 1.54) is 31.4 Å². The highest BCUT2D eigenvalue weighted by atomic mass is 32.2. The molecule has 2 fully saturated rings. The van der Waals surface area contributed by atoms with Crippen molar-refractivity contribution in [2.75, 3.05) is 0 Å². The Morgan fingerprint density at radius 3 is 2.63 bits per heavy atom. The fourth-order valence-corrected chi connectivity index (χ4v) is 4.92. The van der Waals surface area contributed by atoms with Crippen LogP contribution in [0, 0.1) is 16.0 Å². The van der Waals surface area contributed by atoms with Gasteiger partial charge >= 0.3 is 0 Å². The lowest BCUT2D eigenvalue weighted by molar-refractivity contribution is -0.526. The molecule has 0 spiro atoms. The van der Waals surface area contributed by atoms with Crippen LogP contribution >= 0.6 is 11.8 Å². The number of allylic oxidation sites excluding steroid dienone is 1. The molecule has 0 aromatic rings. The standard InChI is InChI=1S/C14H22N2O2S/c17-16(18)11-7-5-10(6-8-11)13-9-19-14-4-2-1-3-12(14)15-13/h9-12,14-15H,1-8H2/t10?,11?,12-,14-/m1/s1. The van der Waals surface area contributed by atoms with Gasteiger partial charge in [-0.3, -0.25) is 10.1 Å². The van der Waals surface area contributed by atoms with Crippen LogP contribution in [0.1, 0.15) is 51.4 Å². The fraction of sp³-hybridized carbons (Fsp3) is 0.857. The summed E-state index contributed by atoms with van der Waals surface area (Å²) in [5.41, 5.74) is 1.37. The quantitative estimate of drug-likeness (QED) is 0.623. The van der Waals surface area contributed by atoms with Gasteiger partial charge in [-0.15, -0.1) is 11.8 Å². The van der Waals surface area contributed by atoms with Gasteiger partial charge in [-0.05, 0) is 37.0 Å². The number of hydrogen-bond donors (Lipinski definition) is 1. The first kappa shape index (κ1) is 13.3. The second-order valence-corrected chi connectivity index (χ2v) is 7.19. The molecule has 4 nitrogen and oxygen atoms in total. The Bertz CT molecular complexity index is 378. The van der Waals surface area contributed by atoms with Gasteiger partial charge in [0, 0.05) is 34.8 Å². The maximum atomic E-state index is 10.8. The van der Waals surface area contributed by atoms with Crippen LogP contribution < -0.4 is 5.32 Å². The minimum atomic E-state index is -0.296. The smallest absolute Gasteiger partial charge is 0.213 e. The average molecular weight is 282 g/mol. The lowest BCUT2D eigenvalue weighted by atomic mass is 9.83. The number of thioether (sulfide) groups is 1. The number of nitrogens with one attached hydrogen (secondary N) is 1. The molecule has 0 radical (unpaired) electrons. The van der Waals surface area contributed by atoms with Gasteiger partial charge in [0.05, 0.1) is 0 Å². The van der Waals surface area contributed by atoms with Crippen molar-refractivity contribution in [1.29, 1.82) is 0 Å². The topological polar surface area (TPSA) is 55.2 Å². The first-order valence-electron chi connectivity index (χ1n) is 7.49. The lowest BCUT2D eigenvalue weighted by Gasteiger charge is -2.39. The Labute approximate surface area is 118 Å². The highest BCUT2D eigenvalue weighted by molar-refractivity contribution is 8.02. The van der Waals surface area contributed by atoms with Crippen molar-refractivity contribution >= 4 is 11.8 Å². The zero-order valence-corrected chi connectivity index (χ0v) is 12.0. The summed E-state index contributed by atoms with van der Waals surface area (Å²) in [7, 11) is 0. The zero-order chi connectivity index (χ0) is 13.2. The molecule has 0 aromatic carbocycles. The molecule has 1 aliphatic heterocycles. The van der Waals surface area contributed by atoms with Crippen LogP contribution in [0.4, 0.5) is 0 Å². The van der Waals surface area contributed by atoms with E-state index in [0.29, 0.717) is 12.0 Å². The van der Waals surface area contributed by atoms with E-state index in [-0.39, 0.29) is 11.0 Å². The zero-order valence-electron chi connectivity index (χ0n) is 11.2. The molecule has 5 heteroatoms. The molecule has 0 saturated heterocycles. The van der Waals surface area contributed by atoms with Crippen LogP contribution in [0.15, 0.2) is 11.1 Å². The number of nitrogens with zero attached hydrogens (tertiary/aromatic N) is 1. The summed E-state index contributed by atoms with van der Waals surface area (Å²) in [5, 5.41) is 17.6. The normalized spacial score (nSPS) is 38.8. The van der Waals surface area contributed by atoms with E-state index in [4.69, 9.17) is 0 Å². The van der Waals surface area contributed by atoms with Crippen molar-refractivity contribution in [1.82, 2.24) is 5.32 Å². The summed E-state index contributed by atoms with van der Waals surface area (Å²) in [6.07, 6.45) is 8.78. The van der Waals surface area contributed by atoms with Crippen LogP contribution in [0.25, 0.3) is 0 Å². The summed E-state index contributed by atoms with van der Waals surface area (Å²) < 4.78 is 0. The van der Waals surface area contributed by atoms with Crippen molar-refractivity contribution in [3.05, 3.63) is 21.2 Å². The van der Waals surface area contributed by atoms with Gasteiger partial charge in [-0.2, -0.15) is 0 Å². The third-order valence-corrected chi connectivity index (χ3v) is 6.16. The van der Waals surface area contributed by atoms with Crippen molar-refractivity contribution in [3.63, 3.8) is 0 Å². The highest BCUT2D eigenvalue weighted by Gasteiger charge is 2.34. The lowest BCUT2D eigenvalue weighted by Crippen LogP contribution is -2.44. The van der Waals surface area contributed by atoms with E-state index in [1.54, 1.807) is 0 Å². The van der Waals surface area contributed by atoms with Gasteiger partial charge in [0.25, 0.3) is 0 Å². The van der Waals surface area contributed by atoms with Crippen LogP contribution in [-0.2, 0) is 0 Å². The molecule has 0 unspecified atom stereocenters. The van der Waals surface area contributed by atoms with Crippen LogP contribution in [-0.4, -0.2) is 22.3 Å². The van der Waals surface area contributed by atoms with Gasteiger partial charge in [-0.1, -0.05) is 12.8 Å². The molecule has 2 aliphatic carbocycles. The molecular weight excluding hydrogens is 260 g/mol. The number of fused-ring (bicyclic) bond motifs is 1. The second kappa shape index (κ2) is 5.73. The number of hydrogen-bond acceptors (Lipinski definition) is 4. The van der Waals surface area contributed by atoms with E-state index in [9.17, 15) is 10.1 Å². The van der Waals surface area contributed by atoms with Gasteiger partial charge in [0.2, 0.25) is 6.04 Å². The van der Waals surface area contributed by atoms with Gasteiger partial charge in [0.1, 0.15) is 0 Å². The first-order valence-corrected chi connectivity index (χ1v) is 8.44. The molecule has 2 saturated carbocycles. The third-order valence-electron chi connectivity index (χ3n) is 4.86. The summed E-state index contributed by atoms with van der Waals surface area (Å²) in [5.74, 6) is 0.534. The maximum Gasteiger partial charge on any atom is 0.213 e. The van der Waals surface area contributed by atoms with E-state index in [2.05, 4.69) is 10.7 Å². The van der Waals surface area contributed by atoms with Crippen LogP contribution in [0.3, 0.4) is 0 Å². The summed E-state index contributed by atoms with van der Waals surface area (Å²) in [6, 6.07) is 0.350. The minimum Gasteiger partial charge on any atom is -0.384 e. The van der Waals surface area contributed by atoms with E-state index < -0.39 is 0 Å².